The molecule has 0 bridgehead atoms. The van der Waals surface area contributed by atoms with Gasteiger partial charge in [0.25, 0.3) is 5.91 Å². The lowest BCUT2D eigenvalue weighted by Gasteiger charge is -2.26. The molecule has 156 valence electrons. The first kappa shape index (κ1) is 19.8. The average Bonchev–Trinajstić information content (AvgIpc) is 3.21. The summed E-state index contributed by atoms with van der Waals surface area (Å²) in [5.74, 6) is 0.547. The van der Waals surface area contributed by atoms with Crippen molar-refractivity contribution in [2.45, 2.75) is 19.3 Å². The summed E-state index contributed by atoms with van der Waals surface area (Å²) in [6.07, 6.45) is 3.24. The molecule has 1 aliphatic rings. The number of rotatable bonds is 6. The molecule has 2 aromatic carbocycles. The lowest BCUT2D eigenvalue weighted by molar-refractivity contribution is -0.134. The van der Waals surface area contributed by atoms with E-state index < -0.39 is 5.97 Å². The van der Waals surface area contributed by atoms with Crippen LogP contribution >= 0.6 is 0 Å². The molecule has 8 nitrogen and oxygen atoms in total. The third-order valence-corrected chi connectivity index (χ3v) is 5.23. The van der Waals surface area contributed by atoms with Gasteiger partial charge in [-0.2, -0.15) is 0 Å². The summed E-state index contributed by atoms with van der Waals surface area (Å²) in [7, 11) is 1.54. The summed E-state index contributed by atoms with van der Waals surface area (Å²) in [6.45, 7) is 1.54. The van der Waals surface area contributed by atoms with Gasteiger partial charge in [0.2, 0.25) is 0 Å². The molecular formula is C22H23N3O5. The van der Waals surface area contributed by atoms with Crippen molar-refractivity contribution in [2.75, 3.05) is 26.8 Å². The number of amides is 1. The van der Waals surface area contributed by atoms with Crippen LogP contribution in [0, 0.1) is 0 Å². The zero-order valence-corrected chi connectivity index (χ0v) is 16.7. The standard InChI is InChI=1S/C22H23N3O5/c1-29-19-12-14(21-23-16-7-5-15(22(27)28)11-17(16)24-21)6-8-18(19)30-13-20(26)25-9-3-2-4-10-25/h5-8,11-12H,2-4,9-10,13H2,1H3,(H,23,24)(H,27,28). The van der Waals surface area contributed by atoms with Gasteiger partial charge in [-0.3, -0.25) is 4.79 Å². The minimum atomic E-state index is -0.990. The number of ether oxygens (including phenoxy) is 2. The fourth-order valence-corrected chi connectivity index (χ4v) is 3.59. The number of carboxylic acid groups (broad SMARTS) is 1. The molecule has 2 heterocycles. The first-order valence-electron chi connectivity index (χ1n) is 9.87. The first-order valence-corrected chi connectivity index (χ1v) is 9.87. The number of carbonyl (C=O) groups excluding carboxylic acids is 1. The Labute approximate surface area is 173 Å². The molecule has 1 saturated heterocycles. The van der Waals surface area contributed by atoms with Gasteiger partial charge in [0, 0.05) is 18.7 Å². The van der Waals surface area contributed by atoms with Crippen molar-refractivity contribution in [2.24, 2.45) is 0 Å². The number of carboxylic acids is 1. The van der Waals surface area contributed by atoms with Gasteiger partial charge in [-0.05, 0) is 55.7 Å². The van der Waals surface area contributed by atoms with Gasteiger partial charge < -0.3 is 24.5 Å². The van der Waals surface area contributed by atoms with Crippen LogP contribution in [0.4, 0.5) is 0 Å². The molecule has 2 N–H and O–H groups in total. The molecule has 8 heteroatoms. The molecule has 1 aliphatic heterocycles. The van der Waals surface area contributed by atoms with Crippen molar-refractivity contribution in [3.8, 4) is 22.9 Å². The van der Waals surface area contributed by atoms with E-state index in [1.165, 1.54) is 19.6 Å². The minimum Gasteiger partial charge on any atom is -0.493 e. The molecule has 4 rings (SSSR count). The summed E-state index contributed by atoms with van der Waals surface area (Å²) in [6, 6.07) is 10.1. The second-order valence-corrected chi connectivity index (χ2v) is 7.22. The summed E-state index contributed by atoms with van der Waals surface area (Å²) in [5, 5.41) is 9.15. The number of aromatic nitrogens is 2. The lowest BCUT2D eigenvalue weighted by atomic mass is 10.1. The number of carbonyl (C=O) groups is 2. The fourth-order valence-electron chi connectivity index (χ4n) is 3.59. The minimum absolute atomic E-state index is 0.0210. The van der Waals surface area contributed by atoms with Crippen molar-refractivity contribution >= 4 is 22.9 Å². The number of hydrogen-bond donors (Lipinski definition) is 2. The van der Waals surface area contributed by atoms with Gasteiger partial charge in [-0.25, -0.2) is 9.78 Å². The Morgan fingerprint density at radius 2 is 1.90 bits per heavy atom. The van der Waals surface area contributed by atoms with Gasteiger partial charge in [-0.1, -0.05) is 0 Å². The Hall–Kier alpha value is -3.55. The van der Waals surface area contributed by atoms with Crippen molar-refractivity contribution in [3.63, 3.8) is 0 Å². The van der Waals surface area contributed by atoms with Crippen LogP contribution in [0.15, 0.2) is 36.4 Å². The quantitative estimate of drug-likeness (QED) is 0.647. The number of aromatic amines is 1. The lowest BCUT2D eigenvalue weighted by Crippen LogP contribution is -2.38. The molecule has 0 atom stereocenters. The Kier molecular flexibility index (Phi) is 5.56. The average molecular weight is 409 g/mol. The molecule has 1 fully saturated rings. The predicted molar refractivity (Wildman–Crippen MR) is 111 cm³/mol. The topological polar surface area (TPSA) is 105 Å². The highest BCUT2D eigenvalue weighted by molar-refractivity contribution is 5.93. The molecule has 0 unspecified atom stereocenters. The SMILES string of the molecule is COc1cc(-c2nc3ccc(C(=O)O)cc3[nH]2)ccc1OCC(=O)N1CCCCC1. The highest BCUT2D eigenvalue weighted by Crippen LogP contribution is 2.32. The number of imidazole rings is 1. The summed E-state index contributed by atoms with van der Waals surface area (Å²) in [5.41, 5.74) is 2.25. The van der Waals surface area contributed by atoms with E-state index in [4.69, 9.17) is 14.6 Å². The van der Waals surface area contributed by atoms with Crippen LogP contribution in [-0.2, 0) is 4.79 Å². The first-order chi connectivity index (χ1) is 14.5. The van der Waals surface area contributed by atoms with Crippen LogP contribution < -0.4 is 9.47 Å². The Morgan fingerprint density at radius 3 is 2.63 bits per heavy atom. The van der Waals surface area contributed by atoms with E-state index in [1.807, 2.05) is 11.0 Å². The van der Waals surface area contributed by atoms with Gasteiger partial charge in [0.05, 0.1) is 23.7 Å². The van der Waals surface area contributed by atoms with E-state index in [0.29, 0.717) is 28.4 Å². The molecule has 3 aromatic rings. The smallest absolute Gasteiger partial charge is 0.335 e. The third kappa shape index (κ3) is 4.07. The zero-order valence-electron chi connectivity index (χ0n) is 16.7. The van der Waals surface area contributed by atoms with Crippen LogP contribution in [0.1, 0.15) is 29.6 Å². The van der Waals surface area contributed by atoms with Crippen molar-refractivity contribution in [1.29, 1.82) is 0 Å². The Morgan fingerprint density at radius 1 is 1.10 bits per heavy atom. The second-order valence-electron chi connectivity index (χ2n) is 7.22. The van der Waals surface area contributed by atoms with Crippen LogP contribution in [0.3, 0.4) is 0 Å². The molecular weight excluding hydrogens is 386 g/mol. The molecule has 0 saturated carbocycles. The number of piperidine rings is 1. The van der Waals surface area contributed by atoms with Crippen molar-refractivity contribution < 1.29 is 24.2 Å². The number of likely N-dealkylation sites (tertiary alicyclic amines) is 1. The Bertz CT molecular complexity index is 1090. The number of nitrogens with one attached hydrogen (secondary N) is 1. The van der Waals surface area contributed by atoms with Crippen LogP contribution in [0.5, 0.6) is 11.5 Å². The van der Waals surface area contributed by atoms with Crippen LogP contribution in [0.25, 0.3) is 22.4 Å². The molecule has 30 heavy (non-hydrogen) atoms. The fraction of sp³-hybridized carbons (Fsp3) is 0.318. The summed E-state index contributed by atoms with van der Waals surface area (Å²) in [4.78, 5) is 33.0. The number of nitrogens with zero attached hydrogens (tertiary/aromatic N) is 2. The number of H-pyrrole nitrogens is 1. The normalized spacial score (nSPS) is 14.0. The number of aromatic carboxylic acids is 1. The van der Waals surface area contributed by atoms with Gasteiger partial charge in [-0.15, -0.1) is 0 Å². The highest BCUT2D eigenvalue weighted by Gasteiger charge is 2.18. The monoisotopic (exact) mass is 409 g/mol. The summed E-state index contributed by atoms with van der Waals surface area (Å²) < 4.78 is 11.2. The Balaban J connectivity index is 1.52. The molecule has 0 aliphatic carbocycles. The van der Waals surface area contributed by atoms with Crippen molar-refractivity contribution in [3.05, 3.63) is 42.0 Å². The maximum absolute atomic E-state index is 12.3. The van der Waals surface area contributed by atoms with E-state index >= 15 is 0 Å². The maximum Gasteiger partial charge on any atom is 0.335 e. The molecule has 0 radical (unpaired) electrons. The van der Waals surface area contributed by atoms with E-state index in [0.717, 1.165) is 31.5 Å². The number of methoxy groups -OCH3 is 1. The molecule has 1 aromatic heterocycles. The number of benzene rings is 2. The predicted octanol–water partition coefficient (Wildman–Crippen LogP) is 3.33. The van der Waals surface area contributed by atoms with Crippen molar-refractivity contribution in [1.82, 2.24) is 14.9 Å². The number of fused-ring (bicyclic) bond motifs is 1. The van der Waals surface area contributed by atoms with Gasteiger partial charge >= 0.3 is 5.97 Å². The van der Waals surface area contributed by atoms with Gasteiger partial charge in [0.1, 0.15) is 5.82 Å². The van der Waals surface area contributed by atoms with Crippen LogP contribution in [0.2, 0.25) is 0 Å². The van der Waals surface area contributed by atoms with E-state index in [9.17, 15) is 9.59 Å². The zero-order chi connectivity index (χ0) is 21.1. The van der Waals surface area contributed by atoms with E-state index in [2.05, 4.69) is 9.97 Å². The highest BCUT2D eigenvalue weighted by atomic mass is 16.5. The second kappa shape index (κ2) is 8.44. The third-order valence-electron chi connectivity index (χ3n) is 5.23. The van der Waals surface area contributed by atoms with Gasteiger partial charge in [0.15, 0.2) is 18.1 Å². The maximum atomic E-state index is 12.3. The molecule has 1 amide bonds. The molecule has 0 spiro atoms. The van der Waals surface area contributed by atoms with Crippen LogP contribution in [-0.4, -0.2) is 58.7 Å². The largest absolute Gasteiger partial charge is 0.493 e. The van der Waals surface area contributed by atoms with E-state index in [1.54, 1.807) is 24.3 Å². The summed E-state index contributed by atoms with van der Waals surface area (Å²) >= 11 is 0. The number of hydrogen-bond acceptors (Lipinski definition) is 5. The van der Waals surface area contributed by atoms with E-state index in [-0.39, 0.29) is 18.1 Å².